The van der Waals surface area contributed by atoms with Gasteiger partial charge in [-0.3, -0.25) is 9.59 Å². The molecule has 0 aliphatic carbocycles. The Balaban J connectivity index is 1.99. The van der Waals surface area contributed by atoms with E-state index in [1.807, 2.05) is 44.2 Å². The summed E-state index contributed by atoms with van der Waals surface area (Å²) in [7, 11) is 1.69. The summed E-state index contributed by atoms with van der Waals surface area (Å²) in [6, 6.07) is 9.56. The Morgan fingerprint density at radius 2 is 1.96 bits per heavy atom. The average molecular weight is 312 g/mol. The molecular weight excluding hydrogens is 292 g/mol. The average Bonchev–Trinajstić information content (AvgIpc) is 2.75. The molecule has 0 saturated heterocycles. The number of pyridine rings is 1. The van der Waals surface area contributed by atoms with E-state index in [1.54, 1.807) is 11.9 Å². The van der Waals surface area contributed by atoms with Gasteiger partial charge in [0.05, 0.1) is 6.54 Å². The molecule has 1 aliphatic rings. The standard InChI is InChI=1S/C18H20N2O3/c1-12-10-13(2)19(3)17(21)16(12)18(22)20-8-9-23-15-7-5-4-6-14(15)11-20/h4-7,10H,8-9,11H2,1-3H3. The zero-order valence-electron chi connectivity index (χ0n) is 13.6. The number of carbonyl (C=O) groups excluding carboxylic acids is 1. The summed E-state index contributed by atoms with van der Waals surface area (Å²) < 4.78 is 7.21. The van der Waals surface area contributed by atoms with Gasteiger partial charge in [-0.25, -0.2) is 0 Å². The Bertz CT molecular complexity index is 824. The van der Waals surface area contributed by atoms with Crippen LogP contribution in [0, 0.1) is 13.8 Å². The van der Waals surface area contributed by atoms with Gasteiger partial charge in [-0.15, -0.1) is 0 Å². The van der Waals surface area contributed by atoms with E-state index >= 15 is 0 Å². The zero-order chi connectivity index (χ0) is 16.6. The van der Waals surface area contributed by atoms with Gasteiger partial charge in [0, 0.05) is 24.8 Å². The summed E-state index contributed by atoms with van der Waals surface area (Å²) in [5.41, 5.74) is 2.52. The van der Waals surface area contributed by atoms with E-state index in [4.69, 9.17) is 4.74 Å². The van der Waals surface area contributed by atoms with Gasteiger partial charge in [0.2, 0.25) is 0 Å². The molecule has 0 atom stereocenters. The van der Waals surface area contributed by atoms with Crippen molar-refractivity contribution in [1.82, 2.24) is 9.47 Å². The van der Waals surface area contributed by atoms with E-state index in [0.29, 0.717) is 25.3 Å². The number of aryl methyl sites for hydroxylation is 2. The number of hydrogen-bond acceptors (Lipinski definition) is 3. The Morgan fingerprint density at radius 3 is 2.74 bits per heavy atom. The summed E-state index contributed by atoms with van der Waals surface area (Å²) in [4.78, 5) is 27.1. The molecule has 1 aromatic heterocycles. The van der Waals surface area contributed by atoms with Gasteiger partial charge in [-0.1, -0.05) is 18.2 Å². The second kappa shape index (κ2) is 5.91. The molecule has 0 bridgehead atoms. The van der Waals surface area contributed by atoms with Crippen LogP contribution in [0.3, 0.4) is 0 Å². The van der Waals surface area contributed by atoms with Gasteiger partial charge in [0.1, 0.15) is 17.9 Å². The van der Waals surface area contributed by atoms with Crippen molar-refractivity contribution in [2.45, 2.75) is 20.4 Å². The van der Waals surface area contributed by atoms with Crippen LogP contribution in [-0.4, -0.2) is 28.5 Å². The number of carbonyl (C=O) groups is 1. The Labute approximate surface area is 135 Å². The molecule has 1 amide bonds. The van der Waals surface area contributed by atoms with Crippen molar-refractivity contribution >= 4 is 5.91 Å². The smallest absolute Gasteiger partial charge is 0.263 e. The van der Waals surface area contributed by atoms with Crippen molar-refractivity contribution in [3.05, 3.63) is 63.1 Å². The lowest BCUT2D eigenvalue weighted by Crippen LogP contribution is -2.38. The molecule has 0 fully saturated rings. The monoisotopic (exact) mass is 312 g/mol. The first-order valence-corrected chi connectivity index (χ1v) is 7.66. The van der Waals surface area contributed by atoms with Crippen LogP contribution in [0.25, 0.3) is 0 Å². The molecule has 1 aliphatic heterocycles. The van der Waals surface area contributed by atoms with Gasteiger partial charge < -0.3 is 14.2 Å². The SMILES string of the molecule is Cc1cc(C)n(C)c(=O)c1C(=O)N1CCOc2ccccc2C1. The molecular formula is C18H20N2O3. The summed E-state index contributed by atoms with van der Waals surface area (Å²) in [6.07, 6.45) is 0. The maximum Gasteiger partial charge on any atom is 0.263 e. The molecule has 3 rings (SSSR count). The maximum atomic E-state index is 12.9. The highest BCUT2D eigenvalue weighted by Gasteiger charge is 2.25. The minimum Gasteiger partial charge on any atom is -0.491 e. The van der Waals surface area contributed by atoms with Gasteiger partial charge in [-0.2, -0.15) is 0 Å². The number of fused-ring (bicyclic) bond motifs is 1. The van der Waals surface area contributed by atoms with Crippen LogP contribution in [-0.2, 0) is 13.6 Å². The number of benzene rings is 1. The van der Waals surface area contributed by atoms with Gasteiger partial charge in [0.25, 0.3) is 11.5 Å². The third-order valence-corrected chi connectivity index (χ3v) is 4.32. The normalized spacial score (nSPS) is 14.0. The van der Waals surface area contributed by atoms with Gasteiger partial charge in [0.15, 0.2) is 0 Å². The first-order chi connectivity index (χ1) is 11.0. The molecule has 2 heterocycles. The van der Waals surface area contributed by atoms with Crippen LogP contribution >= 0.6 is 0 Å². The topological polar surface area (TPSA) is 51.5 Å². The largest absolute Gasteiger partial charge is 0.491 e. The molecule has 5 heteroatoms. The highest BCUT2D eigenvalue weighted by Crippen LogP contribution is 2.23. The van der Waals surface area contributed by atoms with Crippen molar-refractivity contribution in [1.29, 1.82) is 0 Å². The van der Waals surface area contributed by atoms with E-state index in [9.17, 15) is 9.59 Å². The lowest BCUT2D eigenvalue weighted by atomic mass is 10.1. The third-order valence-electron chi connectivity index (χ3n) is 4.32. The third kappa shape index (κ3) is 2.74. The number of nitrogens with zero attached hydrogens (tertiary/aromatic N) is 2. The van der Waals surface area contributed by atoms with E-state index in [0.717, 1.165) is 17.0 Å². The molecule has 0 spiro atoms. The van der Waals surface area contributed by atoms with Crippen LogP contribution in [0.15, 0.2) is 35.1 Å². The summed E-state index contributed by atoms with van der Waals surface area (Å²) in [6.45, 7) is 5.01. The van der Waals surface area contributed by atoms with Crippen LogP contribution in [0.5, 0.6) is 5.75 Å². The van der Waals surface area contributed by atoms with Crippen molar-refractivity contribution in [2.75, 3.05) is 13.2 Å². The first kappa shape index (κ1) is 15.3. The van der Waals surface area contributed by atoms with Gasteiger partial charge >= 0.3 is 0 Å². The molecule has 23 heavy (non-hydrogen) atoms. The summed E-state index contributed by atoms with van der Waals surface area (Å²) >= 11 is 0. The second-order valence-corrected chi connectivity index (χ2v) is 5.89. The molecule has 1 aromatic carbocycles. The van der Waals surface area contributed by atoms with Crippen LogP contribution in [0.1, 0.15) is 27.2 Å². The number of rotatable bonds is 1. The van der Waals surface area contributed by atoms with Crippen LogP contribution in [0.2, 0.25) is 0 Å². The summed E-state index contributed by atoms with van der Waals surface area (Å²) in [5.74, 6) is 0.569. The Morgan fingerprint density at radius 1 is 1.22 bits per heavy atom. The number of ether oxygens (including phenoxy) is 1. The van der Waals surface area contributed by atoms with E-state index < -0.39 is 0 Å². The number of amides is 1. The zero-order valence-corrected chi connectivity index (χ0v) is 13.6. The highest BCUT2D eigenvalue weighted by atomic mass is 16.5. The Kier molecular flexibility index (Phi) is 3.94. The first-order valence-electron chi connectivity index (χ1n) is 7.66. The van der Waals surface area contributed by atoms with Crippen molar-refractivity contribution in [3.8, 4) is 5.75 Å². The van der Waals surface area contributed by atoms with E-state index in [2.05, 4.69) is 0 Å². The lowest BCUT2D eigenvalue weighted by molar-refractivity contribution is 0.0730. The quantitative estimate of drug-likeness (QED) is 0.810. The fourth-order valence-corrected chi connectivity index (χ4v) is 2.90. The predicted octanol–water partition coefficient (Wildman–Crippen LogP) is 2.04. The molecule has 0 unspecified atom stereocenters. The van der Waals surface area contributed by atoms with Crippen LogP contribution < -0.4 is 10.3 Å². The molecule has 0 N–H and O–H groups in total. The molecule has 2 aromatic rings. The fourth-order valence-electron chi connectivity index (χ4n) is 2.90. The second-order valence-electron chi connectivity index (χ2n) is 5.89. The predicted molar refractivity (Wildman–Crippen MR) is 87.8 cm³/mol. The van der Waals surface area contributed by atoms with E-state index in [-0.39, 0.29) is 17.0 Å². The molecule has 120 valence electrons. The molecule has 0 saturated carbocycles. The number of para-hydroxylation sites is 1. The van der Waals surface area contributed by atoms with E-state index in [1.165, 1.54) is 4.57 Å². The molecule has 5 nitrogen and oxygen atoms in total. The van der Waals surface area contributed by atoms with Crippen molar-refractivity contribution in [2.24, 2.45) is 7.05 Å². The summed E-state index contributed by atoms with van der Waals surface area (Å²) in [5, 5.41) is 0. The lowest BCUT2D eigenvalue weighted by Gasteiger charge is -2.21. The molecule has 0 radical (unpaired) electrons. The maximum absolute atomic E-state index is 12.9. The van der Waals surface area contributed by atoms with Crippen LogP contribution in [0.4, 0.5) is 0 Å². The van der Waals surface area contributed by atoms with Crippen molar-refractivity contribution in [3.63, 3.8) is 0 Å². The number of hydrogen-bond donors (Lipinski definition) is 0. The number of aromatic nitrogens is 1. The minimum absolute atomic E-state index is 0.233. The highest BCUT2D eigenvalue weighted by molar-refractivity contribution is 5.95. The fraction of sp³-hybridized carbons (Fsp3) is 0.333. The Hall–Kier alpha value is -2.56. The van der Waals surface area contributed by atoms with Gasteiger partial charge in [-0.05, 0) is 31.5 Å². The minimum atomic E-state index is -0.244. The van der Waals surface area contributed by atoms with Crippen molar-refractivity contribution < 1.29 is 9.53 Å².